The molecule has 1 N–H and O–H groups in total. The molecule has 0 aromatic carbocycles. The lowest BCUT2D eigenvalue weighted by Gasteiger charge is -2.38. The van der Waals surface area contributed by atoms with Crippen molar-refractivity contribution in [2.24, 2.45) is 0 Å². The van der Waals surface area contributed by atoms with Gasteiger partial charge < -0.3 is 9.53 Å². The number of aliphatic hydroxyl groups is 1. The van der Waals surface area contributed by atoms with Gasteiger partial charge in [-0.1, -0.05) is 130 Å². The Morgan fingerprint density at radius 1 is 0.710 bits per heavy atom. The van der Waals surface area contributed by atoms with E-state index in [2.05, 4.69) is 52.9 Å². The van der Waals surface area contributed by atoms with Crippen molar-refractivity contribution in [3.63, 3.8) is 0 Å². The van der Waals surface area contributed by atoms with E-state index in [0.717, 1.165) is 12.8 Å². The van der Waals surface area contributed by atoms with Gasteiger partial charge in [0.15, 0.2) is 8.32 Å². The summed E-state index contributed by atoms with van der Waals surface area (Å²) in [5.41, 5.74) is 0. The highest BCUT2D eigenvalue weighted by molar-refractivity contribution is 6.74. The molecular formula is C28H58O2Si. The minimum absolute atomic E-state index is 0.0433. The molecular weight excluding hydrogens is 396 g/mol. The Morgan fingerprint density at radius 3 is 1.52 bits per heavy atom. The summed E-state index contributed by atoms with van der Waals surface area (Å²) < 4.78 is 6.32. The van der Waals surface area contributed by atoms with Crippen LogP contribution in [0.4, 0.5) is 0 Å². The molecule has 0 amide bonds. The van der Waals surface area contributed by atoms with Crippen LogP contribution in [-0.4, -0.2) is 26.1 Å². The third-order valence-corrected chi connectivity index (χ3v) is 11.5. The Hall–Kier alpha value is -0.123. The summed E-state index contributed by atoms with van der Waals surface area (Å²) in [5.74, 6) is 0. The van der Waals surface area contributed by atoms with E-state index in [1.165, 1.54) is 96.3 Å². The van der Waals surface area contributed by atoms with Crippen molar-refractivity contribution < 1.29 is 9.53 Å². The zero-order chi connectivity index (χ0) is 23.4. The second-order valence-electron chi connectivity index (χ2n) is 11.1. The fourth-order valence-corrected chi connectivity index (χ4v) is 5.11. The Labute approximate surface area is 197 Å². The topological polar surface area (TPSA) is 29.5 Å². The van der Waals surface area contributed by atoms with E-state index in [1.54, 1.807) is 0 Å². The van der Waals surface area contributed by atoms with Crippen molar-refractivity contribution in [1.82, 2.24) is 0 Å². The number of unbranched alkanes of at least 4 members (excludes halogenated alkanes) is 15. The van der Waals surface area contributed by atoms with Gasteiger partial charge in [0.2, 0.25) is 0 Å². The van der Waals surface area contributed by atoms with E-state index in [1.807, 2.05) is 0 Å². The fraction of sp³-hybridized carbons (Fsp3) is 0.929. The maximum absolute atomic E-state index is 9.66. The fourth-order valence-electron chi connectivity index (χ4n) is 3.75. The van der Waals surface area contributed by atoms with Crippen LogP contribution >= 0.6 is 0 Å². The van der Waals surface area contributed by atoms with Gasteiger partial charge in [-0.25, -0.2) is 0 Å². The molecule has 0 aromatic heterocycles. The quantitative estimate of drug-likeness (QED) is 0.106. The lowest BCUT2D eigenvalue weighted by Crippen LogP contribution is -2.44. The number of rotatable bonds is 21. The average Bonchev–Trinajstić information content (AvgIpc) is 2.71. The Kier molecular flexibility index (Phi) is 19.3. The predicted molar refractivity (Wildman–Crippen MR) is 142 cm³/mol. The van der Waals surface area contributed by atoms with Gasteiger partial charge in [0.1, 0.15) is 0 Å². The molecule has 0 bridgehead atoms. The van der Waals surface area contributed by atoms with E-state index in [-0.39, 0.29) is 17.7 Å². The highest BCUT2D eigenvalue weighted by Gasteiger charge is 2.38. The first kappa shape index (κ1) is 30.9. The third kappa shape index (κ3) is 18.0. The zero-order valence-electron chi connectivity index (χ0n) is 22.3. The van der Waals surface area contributed by atoms with E-state index in [4.69, 9.17) is 4.43 Å². The van der Waals surface area contributed by atoms with E-state index < -0.39 is 8.32 Å². The van der Waals surface area contributed by atoms with Crippen molar-refractivity contribution in [2.75, 3.05) is 6.61 Å². The summed E-state index contributed by atoms with van der Waals surface area (Å²) in [6.45, 7) is 13.7. The molecule has 0 unspecified atom stereocenters. The van der Waals surface area contributed by atoms with Crippen LogP contribution in [-0.2, 0) is 4.43 Å². The summed E-state index contributed by atoms with van der Waals surface area (Å²) >= 11 is 0. The lowest BCUT2D eigenvalue weighted by atomic mass is 10.0. The Balaban J connectivity index is 3.51. The maximum atomic E-state index is 9.66. The summed E-state index contributed by atoms with van der Waals surface area (Å²) in [6.07, 6.45) is 27.7. The molecule has 0 fully saturated rings. The van der Waals surface area contributed by atoms with Gasteiger partial charge in [0.25, 0.3) is 0 Å². The molecule has 0 saturated carbocycles. The van der Waals surface area contributed by atoms with E-state index in [0.29, 0.717) is 0 Å². The van der Waals surface area contributed by atoms with Crippen LogP contribution < -0.4 is 0 Å². The first-order chi connectivity index (χ1) is 14.7. The van der Waals surface area contributed by atoms with Gasteiger partial charge in [0, 0.05) is 0 Å². The smallest absolute Gasteiger partial charge is 0.192 e. The highest BCUT2D eigenvalue weighted by Crippen LogP contribution is 2.37. The Morgan fingerprint density at radius 2 is 1.13 bits per heavy atom. The molecule has 1 atom stereocenters. The molecule has 186 valence electrons. The molecule has 0 aliphatic rings. The van der Waals surface area contributed by atoms with Crippen LogP contribution in [0.25, 0.3) is 0 Å². The third-order valence-electron chi connectivity index (χ3n) is 7.01. The number of hydrogen-bond donors (Lipinski definition) is 1. The summed E-state index contributed by atoms with van der Waals surface area (Å²) in [7, 11) is -1.80. The second-order valence-corrected chi connectivity index (χ2v) is 15.9. The molecule has 0 aliphatic carbocycles. The SMILES string of the molecule is CCCCCCCCCCCCCCCCC/C=C/C[C@@H](CO)O[Si](C)(C)C(C)(C)C. The Bertz CT molecular complexity index is 412. The van der Waals surface area contributed by atoms with Crippen LogP contribution in [0, 0.1) is 0 Å². The second kappa shape index (κ2) is 19.4. The summed E-state index contributed by atoms with van der Waals surface area (Å²) in [5, 5.41) is 9.85. The molecule has 3 heteroatoms. The van der Waals surface area contributed by atoms with Gasteiger partial charge in [-0.15, -0.1) is 0 Å². The van der Waals surface area contributed by atoms with Crippen LogP contribution in [0.3, 0.4) is 0 Å². The van der Waals surface area contributed by atoms with Gasteiger partial charge >= 0.3 is 0 Å². The minimum atomic E-state index is -1.80. The molecule has 0 saturated heterocycles. The van der Waals surface area contributed by atoms with Crippen molar-refractivity contribution in [3.8, 4) is 0 Å². The van der Waals surface area contributed by atoms with Gasteiger partial charge in [-0.2, -0.15) is 0 Å². The summed E-state index contributed by atoms with van der Waals surface area (Å²) in [4.78, 5) is 0. The minimum Gasteiger partial charge on any atom is -0.411 e. The molecule has 0 spiro atoms. The number of allylic oxidation sites excluding steroid dienone is 1. The van der Waals surface area contributed by atoms with Gasteiger partial charge in [-0.3, -0.25) is 0 Å². The number of hydrogen-bond acceptors (Lipinski definition) is 2. The number of aliphatic hydroxyl groups excluding tert-OH is 1. The first-order valence-corrected chi connectivity index (χ1v) is 16.6. The standard InChI is InChI=1S/C28H58O2Si/c1-7-8-9-10-11-12-13-14-15-16-17-18-19-20-21-22-23-24-25-27(26-29)30-31(5,6)28(2,3)4/h23-24,27,29H,7-22,25-26H2,1-6H3/b24-23+/t27-/m0/s1. The van der Waals surface area contributed by atoms with Crippen LogP contribution in [0.2, 0.25) is 18.1 Å². The molecule has 31 heavy (non-hydrogen) atoms. The molecule has 0 aliphatic heterocycles. The average molecular weight is 455 g/mol. The summed E-state index contributed by atoms with van der Waals surface area (Å²) in [6, 6.07) is 0. The van der Waals surface area contributed by atoms with E-state index >= 15 is 0 Å². The van der Waals surface area contributed by atoms with Crippen LogP contribution in [0.5, 0.6) is 0 Å². The van der Waals surface area contributed by atoms with Gasteiger partial charge in [0.05, 0.1) is 12.7 Å². The first-order valence-electron chi connectivity index (χ1n) is 13.7. The van der Waals surface area contributed by atoms with Crippen LogP contribution in [0.15, 0.2) is 12.2 Å². The molecule has 0 radical (unpaired) electrons. The molecule has 0 heterocycles. The van der Waals surface area contributed by atoms with E-state index in [9.17, 15) is 5.11 Å². The van der Waals surface area contributed by atoms with Crippen molar-refractivity contribution in [2.45, 2.75) is 161 Å². The molecule has 0 aromatic rings. The van der Waals surface area contributed by atoms with Crippen LogP contribution in [0.1, 0.15) is 137 Å². The maximum Gasteiger partial charge on any atom is 0.192 e. The largest absolute Gasteiger partial charge is 0.411 e. The predicted octanol–water partition coefficient (Wildman–Crippen LogP) is 9.58. The van der Waals surface area contributed by atoms with Crippen molar-refractivity contribution >= 4 is 8.32 Å². The molecule has 2 nitrogen and oxygen atoms in total. The van der Waals surface area contributed by atoms with Crippen molar-refractivity contribution in [1.29, 1.82) is 0 Å². The monoisotopic (exact) mass is 454 g/mol. The zero-order valence-corrected chi connectivity index (χ0v) is 23.3. The lowest BCUT2D eigenvalue weighted by molar-refractivity contribution is 0.105. The van der Waals surface area contributed by atoms with Crippen molar-refractivity contribution in [3.05, 3.63) is 12.2 Å². The normalized spacial score (nSPS) is 13.9. The highest BCUT2D eigenvalue weighted by atomic mass is 28.4. The van der Waals surface area contributed by atoms with Gasteiger partial charge in [-0.05, 0) is 37.4 Å². The molecule has 0 rings (SSSR count).